The molecule has 13 heavy (non-hydrogen) atoms. The summed E-state index contributed by atoms with van der Waals surface area (Å²) < 4.78 is 0. The number of amides is 1. The van der Waals surface area contributed by atoms with Gasteiger partial charge in [0.05, 0.1) is 5.92 Å². The zero-order chi connectivity index (χ0) is 9.47. The molecule has 0 aromatic carbocycles. The van der Waals surface area contributed by atoms with Gasteiger partial charge in [-0.25, -0.2) is 0 Å². The molecular formula is C10H18N2O. The van der Waals surface area contributed by atoms with Crippen molar-refractivity contribution in [2.45, 2.75) is 50.6 Å². The van der Waals surface area contributed by atoms with Crippen molar-refractivity contribution in [3.63, 3.8) is 0 Å². The zero-order valence-corrected chi connectivity index (χ0v) is 8.18. The molecule has 2 fully saturated rings. The Balaban J connectivity index is 1.86. The molecule has 0 aromatic rings. The van der Waals surface area contributed by atoms with Gasteiger partial charge in [0.2, 0.25) is 5.91 Å². The summed E-state index contributed by atoms with van der Waals surface area (Å²) in [4.78, 5) is 11.6. The average Bonchev–Trinajstić information content (AvgIpc) is 2.63. The molecule has 1 amide bonds. The van der Waals surface area contributed by atoms with E-state index in [4.69, 9.17) is 5.73 Å². The van der Waals surface area contributed by atoms with Gasteiger partial charge in [-0.05, 0) is 26.2 Å². The van der Waals surface area contributed by atoms with E-state index in [-0.39, 0.29) is 23.4 Å². The minimum Gasteiger partial charge on any atom is -0.351 e. The van der Waals surface area contributed by atoms with Crippen LogP contribution in [0.5, 0.6) is 0 Å². The summed E-state index contributed by atoms with van der Waals surface area (Å²) in [6, 6.07) is 0.130. The Kier molecular flexibility index (Phi) is 2.06. The summed E-state index contributed by atoms with van der Waals surface area (Å²) in [5.41, 5.74) is 5.69. The third-order valence-corrected chi connectivity index (χ3v) is 3.31. The average molecular weight is 182 g/mol. The van der Waals surface area contributed by atoms with Gasteiger partial charge in [-0.1, -0.05) is 12.8 Å². The lowest BCUT2D eigenvalue weighted by Gasteiger charge is -2.25. The topological polar surface area (TPSA) is 55.1 Å². The number of nitrogens with two attached hydrogens (primary N) is 1. The fourth-order valence-corrected chi connectivity index (χ4v) is 2.19. The second-order valence-electron chi connectivity index (χ2n) is 4.76. The van der Waals surface area contributed by atoms with E-state index < -0.39 is 0 Å². The van der Waals surface area contributed by atoms with E-state index in [1.807, 2.05) is 0 Å². The maximum absolute atomic E-state index is 11.6. The highest BCUT2D eigenvalue weighted by atomic mass is 16.2. The van der Waals surface area contributed by atoms with Crippen LogP contribution in [-0.2, 0) is 4.79 Å². The van der Waals surface area contributed by atoms with Crippen LogP contribution in [0.4, 0.5) is 0 Å². The van der Waals surface area contributed by atoms with Crippen LogP contribution in [0.1, 0.15) is 39.0 Å². The van der Waals surface area contributed by atoms with Crippen molar-refractivity contribution in [1.29, 1.82) is 0 Å². The van der Waals surface area contributed by atoms with E-state index in [1.54, 1.807) is 0 Å². The van der Waals surface area contributed by atoms with Crippen molar-refractivity contribution >= 4 is 5.91 Å². The second-order valence-corrected chi connectivity index (χ2v) is 4.76. The highest BCUT2D eigenvalue weighted by molar-refractivity contribution is 5.82. The quantitative estimate of drug-likeness (QED) is 0.663. The number of carbonyl (C=O) groups excluding carboxylic acids is 1. The molecule has 0 saturated heterocycles. The van der Waals surface area contributed by atoms with Crippen molar-refractivity contribution in [1.82, 2.24) is 5.32 Å². The van der Waals surface area contributed by atoms with E-state index in [9.17, 15) is 4.79 Å². The Morgan fingerprint density at radius 2 is 2.00 bits per heavy atom. The van der Waals surface area contributed by atoms with Crippen LogP contribution < -0.4 is 11.1 Å². The molecule has 2 atom stereocenters. The fourth-order valence-electron chi connectivity index (χ4n) is 2.19. The number of rotatable bonds is 2. The molecule has 2 rings (SSSR count). The van der Waals surface area contributed by atoms with E-state index in [0.717, 1.165) is 19.3 Å². The molecule has 0 bridgehead atoms. The van der Waals surface area contributed by atoms with Crippen molar-refractivity contribution < 1.29 is 4.79 Å². The van der Waals surface area contributed by atoms with Gasteiger partial charge in [0, 0.05) is 11.6 Å². The Morgan fingerprint density at radius 3 is 2.46 bits per heavy atom. The largest absolute Gasteiger partial charge is 0.351 e. The normalized spacial score (nSPS) is 35.8. The third-order valence-electron chi connectivity index (χ3n) is 3.31. The van der Waals surface area contributed by atoms with Crippen LogP contribution in [0.15, 0.2) is 0 Å². The van der Waals surface area contributed by atoms with Crippen molar-refractivity contribution in [3.05, 3.63) is 0 Å². The van der Waals surface area contributed by atoms with Crippen LogP contribution >= 0.6 is 0 Å². The standard InChI is InChI=1S/C10H18N2O/c1-10(4-2-3-5-10)12-9(13)7-6-8(7)11/h7-8H,2-6,11H2,1H3,(H,12,13). The predicted molar refractivity (Wildman–Crippen MR) is 51.1 cm³/mol. The molecule has 2 unspecified atom stereocenters. The first-order valence-electron chi connectivity index (χ1n) is 5.18. The first kappa shape index (κ1) is 9.00. The molecule has 0 radical (unpaired) electrons. The van der Waals surface area contributed by atoms with Gasteiger partial charge in [-0.3, -0.25) is 4.79 Å². The molecule has 0 spiro atoms. The molecular weight excluding hydrogens is 164 g/mol. The molecule has 0 heterocycles. The minimum atomic E-state index is 0.0688. The van der Waals surface area contributed by atoms with E-state index in [0.29, 0.717) is 0 Å². The van der Waals surface area contributed by atoms with Gasteiger partial charge >= 0.3 is 0 Å². The summed E-state index contributed by atoms with van der Waals surface area (Å²) in [7, 11) is 0. The van der Waals surface area contributed by atoms with E-state index >= 15 is 0 Å². The number of hydrogen-bond acceptors (Lipinski definition) is 2. The van der Waals surface area contributed by atoms with Gasteiger partial charge in [0.15, 0.2) is 0 Å². The van der Waals surface area contributed by atoms with Crippen LogP contribution in [0.25, 0.3) is 0 Å². The lowest BCUT2D eigenvalue weighted by atomic mass is 10.0. The Bertz CT molecular complexity index is 221. The summed E-state index contributed by atoms with van der Waals surface area (Å²) in [5, 5.41) is 3.13. The molecule has 3 heteroatoms. The van der Waals surface area contributed by atoms with Crippen LogP contribution in [0.3, 0.4) is 0 Å². The molecule has 3 nitrogen and oxygen atoms in total. The van der Waals surface area contributed by atoms with Crippen LogP contribution in [0.2, 0.25) is 0 Å². The SMILES string of the molecule is CC1(NC(=O)C2CC2N)CCCC1. The molecule has 2 saturated carbocycles. The molecule has 2 aliphatic rings. The highest BCUT2D eigenvalue weighted by Gasteiger charge is 2.42. The van der Waals surface area contributed by atoms with Gasteiger partial charge in [0.1, 0.15) is 0 Å². The number of hydrogen-bond donors (Lipinski definition) is 2. The zero-order valence-electron chi connectivity index (χ0n) is 8.18. The Hall–Kier alpha value is -0.570. The fraction of sp³-hybridized carbons (Fsp3) is 0.900. The predicted octanol–water partition coefficient (Wildman–Crippen LogP) is 0.782. The molecule has 2 aliphatic carbocycles. The maximum atomic E-state index is 11.6. The molecule has 0 aliphatic heterocycles. The van der Waals surface area contributed by atoms with Crippen LogP contribution in [-0.4, -0.2) is 17.5 Å². The van der Waals surface area contributed by atoms with E-state index in [2.05, 4.69) is 12.2 Å². The van der Waals surface area contributed by atoms with Gasteiger partial charge < -0.3 is 11.1 Å². The van der Waals surface area contributed by atoms with E-state index in [1.165, 1.54) is 12.8 Å². The van der Waals surface area contributed by atoms with Crippen molar-refractivity contribution in [3.8, 4) is 0 Å². The minimum absolute atomic E-state index is 0.0688. The summed E-state index contributed by atoms with van der Waals surface area (Å²) in [6.45, 7) is 2.14. The van der Waals surface area contributed by atoms with Gasteiger partial charge in [-0.2, -0.15) is 0 Å². The van der Waals surface area contributed by atoms with Gasteiger partial charge in [0.25, 0.3) is 0 Å². The second kappa shape index (κ2) is 2.98. The highest BCUT2D eigenvalue weighted by Crippen LogP contribution is 2.32. The summed E-state index contributed by atoms with van der Waals surface area (Å²) in [5.74, 6) is 0.286. The van der Waals surface area contributed by atoms with Crippen LogP contribution in [0, 0.1) is 5.92 Å². The lowest BCUT2D eigenvalue weighted by molar-refractivity contribution is -0.124. The summed E-state index contributed by atoms with van der Waals surface area (Å²) in [6.07, 6.45) is 5.62. The number of nitrogens with one attached hydrogen (secondary N) is 1. The van der Waals surface area contributed by atoms with Crippen molar-refractivity contribution in [2.75, 3.05) is 0 Å². The maximum Gasteiger partial charge on any atom is 0.225 e. The number of carbonyl (C=O) groups is 1. The van der Waals surface area contributed by atoms with Gasteiger partial charge in [-0.15, -0.1) is 0 Å². The Labute approximate surface area is 79.1 Å². The summed E-state index contributed by atoms with van der Waals surface area (Å²) >= 11 is 0. The first-order valence-corrected chi connectivity index (χ1v) is 5.18. The molecule has 74 valence electrons. The molecule has 3 N–H and O–H groups in total. The molecule has 0 aromatic heterocycles. The monoisotopic (exact) mass is 182 g/mol. The first-order chi connectivity index (χ1) is 6.11. The lowest BCUT2D eigenvalue weighted by Crippen LogP contribution is -2.45. The van der Waals surface area contributed by atoms with Crippen molar-refractivity contribution in [2.24, 2.45) is 11.7 Å². The third kappa shape index (κ3) is 1.85. The smallest absolute Gasteiger partial charge is 0.225 e. The Morgan fingerprint density at radius 1 is 1.46 bits per heavy atom.